The van der Waals surface area contributed by atoms with Crippen molar-refractivity contribution in [3.05, 3.63) is 35.9 Å². The van der Waals surface area contributed by atoms with Gasteiger partial charge in [0.1, 0.15) is 24.2 Å². The number of rotatable bonds is 4. The normalized spacial score (nSPS) is 19.4. The number of hydrogen-bond donors (Lipinski definition) is 3. The number of carboxylic acid groups (broad SMARTS) is 1. The lowest BCUT2D eigenvalue weighted by Gasteiger charge is -2.28. The van der Waals surface area contributed by atoms with E-state index >= 15 is 4.39 Å². The largest absolute Gasteiger partial charge is 0.474 e. The third kappa shape index (κ3) is 3.53. The maximum atomic E-state index is 15.4. The predicted molar refractivity (Wildman–Crippen MR) is 124 cm³/mol. The van der Waals surface area contributed by atoms with Crippen LogP contribution in [0.2, 0.25) is 0 Å². The molecule has 2 aliphatic rings. The number of anilines is 3. The summed E-state index contributed by atoms with van der Waals surface area (Å²) in [6.45, 7) is 3.43. The summed E-state index contributed by atoms with van der Waals surface area (Å²) in [6.07, 6.45) is 1.31. The van der Waals surface area contributed by atoms with Crippen molar-refractivity contribution in [3.8, 4) is 17.0 Å². The topological polar surface area (TPSA) is 132 Å². The van der Waals surface area contributed by atoms with E-state index in [1.54, 1.807) is 18.3 Å². The van der Waals surface area contributed by atoms with Gasteiger partial charge in [0.05, 0.1) is 24.9 Å². The Labute approximate surface area is 194 Å². The molecule has 0 radical (unpaired) electrons. The number of nitrogens with one attached hydrogen (secondary N) is 1. The smallest absolute Gasteiger partial charge is 0.413 e. The summed E-state index contributed by atoms with van der Waals surface area (Å²) in [5, 5.41) is 14.1. The highest BCUT2D eigenvalue weighted by Crippen LogP contribution is 2.40. The summed E-state index contributed by atoms with van der Waals surface area (Å²) < 4.78 is 31.8. The summed E-state index contributed by atoms with van der Waals surface area (Å²) in [7, 11) is 1.50. The SMILES string of the molecule is CO[C@H]1COC[C@@H]1N(C(=O)O)c1cc2cc(-c3cnc4c(c3C)NCCO4)c(F)c(N)c2cn1. The van der Waals surface area contributed by atoms with Gasteiger partial charge >= 0.3 is 6.09 Å². The van der Waals surface area contributed by atoms with Gasteiger partial charge in [-0.05, 0) is 30.0 Å². The number of fused-ring (bicyclic) bond motifs is 2. The average Bonchev–Trinajstić information content (AvgIpc) is 3.30. The van der Waals surface area contributed by atoms with Crippen molar-refractivity contribution in [3.63, 3.8) is 0 Å². The fourth-order valence-corrected chi connectivity index (χ4v) is 4.51. The third-order valence-electron chi connectivity index (χ3n) is 6.31. The first-order valence-electron chi connectivity index (χ1n) is 10.8. The Kier molecular flexibility index (Phi) is 5.58. The van der Waals surface area contributed by atoms with Crippen molar-refractivity contribution in [2.45, 2.75) is 19.1 Å². The number of pyridine rings is 2. The Balaban J connectivity index is 1.64. The first-order valence-corrected chi connectivity index (χ1v) is 10.8. The van der Waals surface area contributed by atoms with Gasteiger partial charge in [0.25, 0.3) is 0 Å². The highest BCUT2D eigenvalue weighted by molar-refractivity contribution is 5.99. The lowest BCUT2D eigenvalue weighted by Crippen LogP contribution is -2.47. The zero-order chi connectivity index (χ0) is 24.0. The van der Waals surface area contributed by atoms with Gasteiger partial charge in [-0.25, -0.2) is 19.2 Å². The number of halogens is 1. The molecule has 1 amide bonds. The Morgan fingerprint density at radius 2 is 2.12 bits per heavy atom. The molecule has 10 nitrogen and oxygen atoms in total. The van der Waals surface area contributed by atoms with Crippen molar-refractivity contribution < 1.29 is 28.5 Å². The van der Waals surface area contributed by atoms with Crippen molar-refractivity contribution >= 4 is 34.1 Å². The molecule has 1 aromatic carbocycles. The molecule has 5 rings (SSSR count). The monoisotopic (exact) mass is 469 g/mol. The number of methoxy groups -OCH3 is 1. The number of hydrogen-bond acceptors (Lipinski definition) is 8. The average molecular weight is 469 g/mol. The van der Waals surface area contributed by atoms with Crippen LogP contribution < -0.4 is 20.7 Å². The van der Waals surface area contributed by atoms with Crippen LogP contribution in [-0.2, 0) is 9.47 Å². The number of benzene rings is 1. The number of nitrogen functional groups attached to an aromatic ring is 1. The van der Waals surface area contributed by atoms with Crippen LogP contribution in [-0.4, -0.2) is 66.8 Å². The molecule has 2 atom stereocenters. The molecule has 0 saturated carbocycles. The molecule has 11 heteroatoms. The molecule has 0 spiro atoms. The highest BCUT2D eigenvalue weighted by Gasteiger charge is 2.38. The van der Waals surface area contributed by atoms with E-state index in [9.17, 15) is 9.90 Å². The second-order valence-electron chi connectivity index (χ2n) is 8.20. The van der Waals surface area contributed by atoms with E-state index in [0.717, 1.165) is 10.5 Å². The highest BCUT2D eigenvalue weighted by atomic mass is 19.1. The molecule has 0 unspecified atom stereocenters. The molecular formula is C23H24FN5O5. The standard InChI is InChI=1S/C23H24FN5O5/c1-11-14(7-28-22-21(11)26-3-4-34-22)13-5-12-6-18(27-8-15(12)20(25)19(13)24)29(23(30)31)16-9-33-10-17(16)32-2/h5-8,16-17,26H,3-4,9-10,25H2,1-2H3,(H,30,31)/t16-,17-/m0/s1. The molecule has 4 heterocycles. The fraction of sp³-hybridized carbons (Fsp3) is 0.348. The number of carbonyl (C=O) groups is 1. The number of ether oxygens (including phenoxy) is 3. The van der Waals surface area contributed by atoms with Crippen LogP contribution in [0.5, 0.6) is 5.88 Å². The van der Waals surface area contributed by atoms with Crippen molar-refractivity contribution in [2.75, 3.05) is 49.4 Å². The van der Waals surface area contributed by atoms with Crippen LogP contribution in [0.1, 0.15) is 5.56 Å². The van der Waals surface area contributed by atoms with Gasteiger partial charge in [-0.3, -0.25) is 4.90 Å². The first kappa shape index (κ1) is 22.1. The van der Waals surface area contributed by atoms with Crippen LogP contribution in [0.25, 0.3) is 21.9 Å². The minimum absolute atomic E-state index is 0.0753. The molecule has 4 N–H and O–H groups in total. The van der Waals surface area contributed by atoms with E-state index in [1.807, 2.05) is 6.92 Å². The predicted octanol–water partition coefficient (Wildman–Crippen LogP) is 3.03. The summed E-state index contributed by atoms with van der Waals surface area (Å²) in [6, 6.07) is 2.64. The maximum Gasteiger partial charge on any atom is 0.413 e. The molecule has 2 aromatic heterocycles. The van der Waals surface area contributed by atoms with Crippen LogP contribution in [0, 0.1) is 12.7 Å². The molecule has 3 aromatic rings. The van der Waals surface area contributed by atoms with E-state index in [-0.39, 0.29) is 30.3 Å². The Bertz CT molecular complexity index is 1290. The van der Waals surface area contributed by atoms with Crippen molar-refractivity contribution in [2.24, 2.45) is 0 Å². The van der Waals surface area contributed by atoms with Crippen LogP contribution in [0.3, 0.4) is 0 Å². The molecule has 178 valence electrons. The molecule has 34 heavy (non-hydrogen) atoms. The molecular weight excluding hydrogens is 445 g/mol. The first-order chi connectivity index (χ1) is 16.4. The fourth-order valence-electron chi connectivity index (χ4n) is 4.51. The van der Waals surface area contributed by atoms with Gasteiger partial charge < -0.3 is 30.4 Å². The van der Waals surface area contributed by atoms with E-state index in [1.165, 1.54) is 13.3 Å². The lowest BCUT2D eigenvalue weighted by molar-refractivity contribution is 0.0763. The molecule has 1 saturated heterocycles. The zero-order valence-electron chi connectivity index (χ0n) is 18.7. The molecule has 0 aliphatic carbocycles. The summed E-state index contributed by atoms with van der Waals surface area (Å²) in [5.74, 6) is 0.0453. The number of aromatic nitrogens is 2. The quantitative estimate of drug-likeness (QED) is 0.493. The minimum atomic E-state index is -1.19. The molecule has 1 fully saturated rings. The maximum absolute atomic E-state index is 15.4. The number of amides is 1. The lowest BCUT2D eigenvalue weighted by atomic mass is 9.97. The summed E-state index contributed by atoms with van der Waals surface area (Å²) >= 11 is 0. The second kappa shape index (κ2) is 8.58. The van der Waals surface area contributed by atoms with E-state index in [4.69, 9.17) is 19.9 Å². The number of nitrogens with two attached hydrogens (primary N) is 1. The van der Waals surface area contributed by atoms with Crippen LogP contribution in [0.15, 0.2) is 24.5 Å². The van der Waals surface area contributed by atoms with Crippen molar-refractivity contribution in [1.29, 1.82) is 0 Å². The second-order valence-corrected chi connectivity index (χ2v) is 8.20. The van der Waals surface area contributed by atoms with Gasteiger partial charge in [0.2, 0.25) is 5.88 Å². The van der Waals surface area contributed by atoms with Crippen molar-refractivity contribution in [1.82, 2.24) is 9.97 Å². The van der Waals surface area contributed by atoms with Gasteiger partial charge in [-0.1, -0.05) is 0 Å². The number of nitrogens with zero attached hydrogens (tertiary/aromatic N) is 3. The van der Waals surface area contributed by atoms with Gasteiger partial charge in [0.15, 0.2) is 5.82 Å². The zero-order valence-corrected chi connectivity index (χ0v) is 18.7. The molecule has 0 bridgehead atoms. The van der Waals surface area contributed by atoms with E-state index < -0.39 is 24.1 Å². The molecule has 2 aliphatic heterocycles. The Morgan fingerprint density at radius 3 is 2.88 bits per heavy atom. The third-order valence-corrected chi connectivity index (χ3v) is 6.31. The Hall–Kier alpha value is -3.70. The van der Waals surface area contributed by atoms with Crippen LogP contribution >= 0.6 is 0 Å². The van der Waals surface area contributed by atoms with Gasteiger partial charge in [-0.2, -0.15) is 0 Å². The van der Waals surface area contributed by atoms with Gasteiger partial charge in [0, 0.05) is 42.6 Å². The minimum Gasteiger partial charge on any atom is -0.474 e. The van der Waals surface area contributed by atoms with E-state index in [2.05, 4.69) is 15.3 Å². The van der Waals surface area contributed by atoms with E-state index in [0.29, 0.717) is 41.1 Å². The summed E-state index contributed by atoms with van der Waals surface area (Å²) in [5.41, 5.74) is 8.37. The summed E-state index contributed by atoms with van der Waals surface area (Å²) in [4.78, 5) is 21.9. The van der Waals surface area contributed by atoms with Crippen LogP contribution in [0.4, 0.5) is 26.4 Å². The van der Waals surface area contributed by atoms with Gasteiger partial charge in [-0.15, -0.1) is 0 Å². The Morgan fingerprint density at radius 1 is 1.29 bits per heavy atom.